The van der Waals surface area contributed by atoms with Gasteiger partial charge in [-0.15, -0.1) is 35.4 Å². The molecule has 0 spiro atoms. The third-order valence-electron chi connectivity index (χ3n) is 13.0. The van der Waals surface area contributed by atoms with E-state index in [2.05, 4.69) is 200 Å². The minimum Gasteiger partial charge on any atom is -0.507 e. The Morgan fingerprint density at radius 1 is 0.478 bits per heavy atom. The fourth-order valence-corrected chi connectivity index (χ4v) is 9.07. The Labute approximate surface area is 408 Å². The molecule has 7 aromatic carbocycles. The smallest absolute Gasteiger partial charge is 0.148 e. The van der Waals surface area contributed by atoms with Crippen LogP contribution in [0.1, 0.15) is 79.0 Å². The van der Waals surface area contributed by atoms with Crippen LogP contribution < -0.4 is 0 Å². The van der Waals surface area contributed by atoms with Crippen molar-refractivity contribution in [3.63, 3.8) is 0 Å². The van der Waals surface area contributed by atoms with Crippen molar-refractivity contribution in [3.05, 3.63) is 187 Å². The van der Waals surface area contributed by atoms with Gasteiger partial charge in [0.05, 0.1) is 22.3 Å². The Kier molecular flexibility index (Phi) is 11.7. The molecule has 0 aliphatic heterocycles. The number of benzene rings is 7. The van der Waals surface area contributed by atoms with Crippen LogP contribution in [0.25, 0.3) is 94.4 Å². The average molecular weight is 1060 g/mol. The number of fused-ring (bicyclic) bond motifs is 3. The van der Waals surface area contributed by atoms with E-state index in [9.17, 15) is 5.11 Å². The molecule has 0 amide bonds. The number of phenols is 1. The molecule has 336 valence electrons. The first-order valence-corrected chi connectivity index (χ1v) is 22.9. The molecule has 0 atom stereocenters. The van der Waals surface area contributed by atoms with Crippen LogP contribution in [-0.2, 0) is 37.3 Å². The van der Waals surface area contributed by atoms with Crippen LogP contribution in [0.15, 0.2) is 164 Å². The number of phenolic OH excluding ortho intramolecular Hbond substituents is 1. The zero-order chi connectivity index (χ0) is 46.1. The van der Waals surface area contributed by atoms with E-state index in [1.54, 1.807) is 0 Å². The number of hydrogen-bond acceptors (Lipinski definition) is 4. The molecular weight excluding hydrogens is 1000 g/mol. The van der Waals surface area contributed by atoms with Crippen molar-refractivity contribution >= 4 is 32.7 Å². The average Bonchev–Trinajstić information content (AvgIpc) is 3.69. The number of nitrogens with zero attached hydrogens (tertiary/aromatic N) is 4. The predicted molar refractivity (Wildman–Crippen MR) is 275 cm³/mol. The van der Waals surface area contributed by atoms with E-state index in [4.69, 9.17) is 15.0 Å². The number of aromatic hydroxyl groups is 1. The molecule has 0 fully saturated rings. The van der Waals surface area contributed by atoms with Crippen molar-refractivity contribution in [2.24, 2.45) is 0 Å². The summed E-state index contributed by atoms with van der Waals surface area (Å²) in [5, 5.41) is 15.2. The van der Waals surface area contributed by atoms with Gasteiger partial charge < -0.3 is 5.11 Å². The monoisotopic (exact) mass is 1050 g/mol. The number of hydrogen-bond donors (Lipinski definition) is 1. The number of rotatable bonds is 6. The van der Waals surface area contributed by atoms with Crippen molar-refractivity contribution in [1.82, 2.24) is 19.5 Å². The fourth-order valence-electron chi connectivity index (χ4n) is 9.07. The van der Waals surface area contributed by atoms with E-state index < -0.39 is 0 Å². The molecule has 0 aliphatic rings. The first-order chi connectivity index (χ1) is 31.5. The molecule has 5 nitrogen and oxygen atoms in total. The molecule has 3 heterocycles. The molecule has 10 aromatic rings. The summed E-state index contributed by atoms with van der Waals surface area (Å²) in [6.45, 7) is 20.1. The molecule has 0 saturated heterocycles. The van der Waals surface area contributed by atoms with Crippen LogP contribution >= 0.6 is 0 Å². The summed E-state index contributed by atoms with van der Waals surface area (Å²) in [6, 6.07) is 57.4. The van der Waals surface area contributed by atoms with Crippen LogP contribution in [0.4, 0.5) is 0 Å². The summed E-state index contributed by atoms with van der Waals surface area (Å²) in [5.74, 6) is 0.846. The van der Waals surface area contributed by atoms with E-state index in [0.29, 0.717) is 11.4 Å². The Morgan fingerprint density at radius 2 is 1.13 bits per heavy atom. The molecule has 0 unspecified atom stereocenters. The van der Waals surface area contributed by atoms with E-state index in [1.807, 2.05) is 36.7 Å². The largest absolute Gasteiger partial charge is 0.507 e. The van der Waals surface area contributed by atoms with Crippen molar-refractivity contribution in [1.29, 1.82) is 0 Å². The summed E-state index contributed by atoms with van der Waals surface area (Å²) < 4.78 is 2.23. The quantitative estimate of drug-likeness (QED) is 0.169. The van der Waals surface area contributed by atoms with Gasteiger partial charge in [-0.25, -0.2) is 4.98 Å². The summed E-state index contributed by atoms with van der Waals surface area (Å²) in [4.78, 5) is 15.4. The van der Waals surface area contributed by atoms with Crippen molar-refractivity contribution in [2.45, 2.75) is 78.6 Å². The third kappa shape index (κ3) is 8.62. The summed E-state index contributed by atoms with van der Waals surface area (Å²) in [5.41, 5.74) is 15.4. The first-order valence-electron chi connectivity index (χ1n) is 22.9. The summed E-state index contributed by atoms with van der Waals surface area (Å²) >= 11 is 0. The van der Waals surface area contributed by atoms with Gasteiger partial charge in [0.2, 0.25) is 0 Å². The van der Waals surface area contributed by atoms with Gasteiger partial charge in [-0.2, -0.15) is 0 Å². The second-order valence-corrected chi connectivity index (χ2v) is 20.7. The predicted octanol–water partition coefficient (Wildman–Crippen LogP) is 15.9. The van der Waals surface area contributed by atoms with Gasteiger partial charge in [-0.1, -0.05) is 146 Å². The van der Waals surface area contributed by atoms with Crippen molar-refractivity contribution in [3.8, 4) is 67.5 Å². The van der Waals surface area contributed by atoms with Crippen molar-refractivity contribution in [2.75, 3.05) is 0 Å². The maximum absolute atomic E-state index is 11.8. The topological polar surface area (TPSA) is 63.8 Å². The maximum Gasteiger partial charge on any atom is 0.148 e. The van der Waals surface area contributed by atoms with Gasteiger partial charge in [0.25, 0.3) is 0 Å². The third-order valence-corrected chi connectivity index (χ3v) is 13.0. The minimum atomic E-state index is -0.154. The molecule has 6 heteroatoms. The normalized spacial score (nSPS) is 12.2. The minimum absolute atomic E-state index is 0. The Hall–Kier alpha value is -6.68. The molecule has 0 aliphatic carbocycles. The van der Waals surface area contributed by atoms with Gasteiger partial charge in [0.1, 0.15) is 11.6 Å². The number of aromatic nitrogens is 4. The number of imidazole rings is 1. The molecule has 0 saturated carbocycles. The molecule has 0 radical (unpaired) electrons. The van der Waals surface area contributed by atoms with Crippen LogP contribution in [0, 0.1) is 6.07 Å². The number of pyridine rings is 2. The van der Waals surface area contributed by atoms with Crippen LogP contribution in [0.2, 0.25) is 0 Å². The zero-order valence-electron chi connectivity index (χ0n) is 39.6. The zero-order valence-corrected chi connectivity index (χ0v) is 41.9. The van der Waals surface area contributed by atoms with Crippen LogP contribution in [0.5, 0.6) is 5.75 Å². The van der Waals surface area contributed by atoms with E-state index in [1.165, 1.54) is 21.9 Å². The van der Waals surface area contributed by atoms with E-state index in [-0.39, 0.29) is 43.1 Å². The van der Waals surface area contributed by atoms with Crippen molar-refractivity contribution < 1.29 is 26.2 Å². The van der Waals surface area contributed by atoms with Gasteiger partial charge >= 0.3 is 0 Å². The Balaban J connectivity index is 0.00000562. The molecule has 67 heavy (non-hydrogen) atoms. The summed E-state index contributed by atoms with van der Waals surface area (Å²) in [7, 11) is 0. The van der Waals surface area contributed by atoms with Gasteiger partial charge in [0.15, 0.2) is 0 Å². The molecule has 10 rings (SSSR count). The fraction of sp³-hybridized carbons (Fsp3) is 0.197. The van der Waals surface area contributed by atoms with Crippen LogP contribution in [-0.4, -0.2) is 24.6 Å². The maximum atomic E-state index is 11.8. The van der Waals surface area contributed by atoms with Gasteiger partial charge in [-0.3, -0.25) is 14.5 Å². The second kappa shape index (κ2) is 17.2. The molecule has 0 bridgehead atoms. The standard InChI is InChI=1S/C61H55N4O.Pt/c1-59(2,3)44-22-25-47(26-23-44)65-54-34-43(40-21-20-38-15-10-11-16-39(38)31-40)33-49(57(54)64-58(65)52-35-45(60(4,5)6)24-27-55(52)66)41-17-14-18-42(32-41)50-36-46(61(7,8)9)37-51-48(28-30-63-56(50)51)53-19-12-13-29-62-53;/h10-31,33-37,66H,1-9H3;/q-1;. The Bertz CT molecular complexity index is 3480. The summed E-state index contributed by atoms with van der Waals surface area (Å²) in [6.07, 6.45) is 3.73. The van der Waals surface area contributed by atoms with E-state index >= 15 is 0 Å². The Morgan fingerprint density at radius 3 is 1.82 bits per heavy atom. The van der Waals surface area contributed by atoms with Crippen LogP contribution in [0.3, 0.4) is 0 Å². The van der Waals surface area contributed by atoms with E-state index in [0.717, 1.165) is 77.8 Å². The second-order valence-electron chi connectivity index (χ2n) is 20.7. The first kappa shape index (κ1) is 45.5. The molecular formula is C61H55N4OPt-. The SMILES string of the molecule is CC(C)(C)c1ccc(-n2c(-c3cc(C(C)(C)C)ccc3O)nc3c(-c4[c-]c(-c5cc(C(C)(C)C)cc6c(-c7ccccn7)ccnc56)ccc4)cc(-c4ccc5ccccc5c4)cc32)cc1.[Pt]. The molecule has 3 aromatic heterocycles. The molecule has 1 N–H and O–H groups in total. The van der Waals surface area contributed by atoms with Gasteiger partial charge in [-0.05, 0) is 115 Å². The van der Waals surface area contributed by atoms with Gasteiger partial charge in [0, 0.05) is 55.6 Å².